The van der Waals surface area contributed by atoms with Crippen molar-refractivity contribution in [2.75, 3.05) is 7.11 Å². The molecule has 0 radical (unpaired) electrons. The number of carbonyl (C=O) groups is 2. The zero-order chi connectivity index (χ0) is 15.7. The van der Waals surface area contributed by atoms with Gasteiger partial charge in [-0.05, 0) is 31.6 Å². The van der Waals surface area contributed by atoms with Crippen LogP contribution in [0.1, 0.15) is 19.4 Å². The topological polar surface area (TPSA) is 64.6 Å². The molecule has 0 heterocycles. The largest absolute Gasteiger partial charge is 0.467 e. The number of methoxy groups -OCH3 is 1. The van der Waals surface area contributed by atoms with Crippen molar-refractivity contribution in [3.63, 3.8) is 0 Å². The lowest BCUT2D eigenvalue weighted by molar-refractivity contribution is -0.145. The van der Waals surface area contributed by atoms with Crippen LogP contribution in [-0.4, -0.2) is 24.7 Å². The van der Waals surface area contributed by atoms with Gasteiger partial charge < -0.3 is 14.8 Å². The van der Waals surface area contributed by atoms with E-state index >= 15 is 0 Å². The summed E-state index contributed by atoms with van der Waals surface area (Å²) >= 11 is 0. The molecular weight excluding hydrogens is 270 g/mol. The number of amides is 1. The van der Waals surface area contributed by atoms with Crippen LogP contribution in [0, 0.1) is 0 Å². The molecule has 1 N–H and O–H groups in total. The van der Waals surface area contributed by atoms with Crippen molar-refractivity contribution >= 4 is 12.1 Å². The highest BCUT2D eigenvalue weighted by Gasteiger charge is 2.34. The summed E-state index contributed by atoms with van der Waals surface area (Å²) in [4.78, 5) is 23.6. The molecule has 1 amide bonds. The smallest absolute Gasteiger partial charge is 0.408 e. The molecule has 0 saturated carbocycles. The molecule has 1 rings (SSSR count). The minimum atomic E-state index is -1.32. The van der Waals surface area contributed by atoms with Crippen LogP contribution in [0.25, 0.3) is 0 Å². The number of nitrogens with one attached hydrogen (secondary N) is 1. The first kappa shape index (κ1) is 16.5. The van der Waals surface area contributed by atoms with Crippen molar-refractivity contribution in [3.8, 4) is 0 Å². The predicted molar refractivity (Wildman–Crippen MR) is 78.5 cm³/mol. The van der Waals surface area contributed by atoms with Gasteiger partial charge in [0.25, 0.3) is 0 Å². The first-order valence-corrected chi connectivity index (χ1v) is 6.47. The number of hydrogen-bond acceptors (Lipinski definition) is 4. The summed E-state index contributed by atoms with van der Waals surface area (Å²) in [5.41, 5.74) is 2.30. The van der Waals surface area contributed by atoms with Crippen LogP contribution in [0.3, 0.4) is 0 Å². The van der Waals surface area contributed by atoms with Gasteiger partial charge >= 0.3 is 12.1 Å². The number of esters is 1. The SMILES string of the molecule is CC=C=CC(C)(NC(=O)OCc1ccccc1)C(=O)OC. The molecule has 0 aliphatic carbocycles. The van der Waals surface area contributed by atoms with E-state index in [-0.39, 0.29) is 6.61 Å². The highest BCUT2D eigenvalue weighted by molar-refractivity contribution is 5.87. The lowest BCUT2D eigenvalue weighted by atomic mass is 10.0. The minimum absolute atomic E-state index is 0.122. The fourth-order valence-electron chi connectivity index (χ4n) is 1.58. The highest BCUT2D eigenvalue weighted by atomic mass is 16.6. The maximum absolute atomic E-state index is 11.8. The Morgan fingerprint density at radius 1 is 1.33 bits per heavy atom. The summed E-state index contributed by atoms with van der Waals surface area (Å²) in [6, 6.07) is 9.26. The standard InChI is InChI=1S/C16H19NO4/c1-4-5-11-16(2,14(18)20-3)17-15(19)21-12-13-9-7-6-8-10-13/h4,6-11H,12H2,1-3H3,(H,17,19). The zero-order valence-electron chi connectivity index (χ0n) is 12.4. The zero-order valence-corrected chi connectivity index (χ0v) is 12.4. The first-order valence-electron chi connectivity index (χ1n) is 6.47. The summed E-state index contributed by atoms with van der Waals surface area (Å²) in [5, 5.41) is 2.48. The van der Waals surface area contributed by atoms with Gasteiger partial charge in [0, 0.05) is 0 Å². The van der Waals surface area contributed by atoms with Gasteiger partial charge in [0.05, 0.1) is 7.11 Å². The van der Waals surface area contributed by atoms with Crippen molar-refractivity contribution in [1.82, 2.24) is 5.32 Å². The molecule has 1 aromatic rings. The number of carbonyl (C=O) groups excluding carboxylic acids is 2. The average molecular weight is 289 g/mol. The van der Waals surface area contributed by atoms with Crippen LogP contribution in [0.2, 0.25) is 0 Å². The molecule has 1 unspecified atom stereocenters. The first-order chi connectivity index (χ1) is 10.0. The van der Waals surface area contributed by atoms with Crippen molar-refractivity contribution in [2.45, 2.75) is 26.0 Å². The molecule has 0 aromatic heterocycles. The third kappa shape index (κ3) is 5.16. The quantitative estimate of drug-likeness (QED) is 0.668. The predicted octanol–water partition coefficient (Wildman–Crippen LogP) is 2.58. The van der Waals surface area contributed by atoms with Gasteiger partial charge in [-0.1, -0.05) is 30.3 Å². The Balaban J connectivity index is 2.68. The van der Waals surface area contributed by atoms with Crippen LogP contribution in [0.4, 0.5) is 4.79 Å². The molecule has 1 atom stereocenters. The number of hydrogen-bond donors (Lipinski definition) is 1. The number of alkyl carbamates (subject to hydrolysis) is 1. The van der Waals surface area contributed by atoms with Gasteiger partial charge in [-0.3, -0.25) is 0 Å². The molecule has 0 saturated heterocycles. The summed E-state index contributed by atoms with van der Waals surface area (Å²) in [5.74, 6) is -0.603. The Bertz CT molecular complexity index is 543. The minimum Gasteiger partial charge on any atom is -0.467 e. The third-order valence-corrected chi connectivity index (χ3v) is 2.72. The van der Waals surface area contributed by atoms with Crippen molar-refractivity contribution in [1.29, 1.82) is 0 Å². The van der Waals surface area contributed by atoms with E-state index in [0.717, 1.165) is 5.56 Å². The number of benzene rings is 1. The number of rotatable bonds is 5. The van der Waals surface area contributed by atoms with E-state index in [1.807, 2.05) is 30.3 Å². The molecule has 21 heavy (non-hydrogen) atoms. The van der Waals surface area contributed by atoms with Crippen molar-refractivity contribution in [2.24, 2.45) is 0 Å². The second-order valence-corrected chi connectivity index (χ2v) is 4.48. The number of ether oxygens (including phenoxy) is 2. The maximum Gasteiger partial charge on any atom is 0.408 e. The molecular formula is C16H19NO4. The van der Waals surface area contributed by atoms with Crippen LogP contribution in [-0.2, 0) is 20.9 Å². The van der Waals surface area contributed by atoms with Gasteiger partial charge in [-0.25, -0.2) is 9.59 Å². The van der Waals surface area contributed by atoms with E-state index in [9.17, 15) is 9.59 Å². The summed E-state index contributed by atoms with van der Waals surface area (Å²) in [7, 11) is 1.25. The van der Waals surface area contributed by atoms with Gasteiger partial charge in [0.15, 0.2) is 5.54 Å². The molecule has 1 aromatic carbocycles. The molecule has 112 valence electrons. The molecule has 0 aliphatic heterocycles. The summed E-state index contributed by atoms with van der Waals surface area (Å²) in [6.07, 6.45) is 2.33. The third-order valence-electron chi connectivity index (χ3n) is 2.72. The fourth-order valence-corrected chi connectivity index (χ4v) is 1.58. The summed E-state index contributed by atoms with van der Waals surface area (Å²) in [6.45, 7) is 3.39. The maximum atomic E-state index is 11.8. The molecule has 0 aliphatic rings. The average Bonchev–Trinajstić information content (AvgIpc) is 2.51. The van der Waals surface area contributed by atoms with E-state index in [2.05, 4.69) is 15.8 Å². The normalized spacial score (nSPS) is 12.3. The van der Waals surface area contributed by atoms with E-state index < -0.39 is 17.6 Å². The van der Waals surface area contributed by atoms with E-state index in [0.29, 0.717) is 0 Å². The second-order valence-electron chi connectivity index (χ2n) is 4.48. The Hall–Kier alpha value is -2.52. The fraction of sp³-hybridized carbons (Fsp3) is 0.312. The molecule has 5 heteroatoms. The Kier molecular flexibility index (Phi) is 6.24. The van der Waals surface area contributed by atoms with Crippen LogP contribution in [0.15, 0.2) is 48.2 Å². The van der Waals surface area contributed by atoms with E-state index in [1.165, 1.54) is 20.1 Å². The lowest BCUT2D eigenvalue weighted by Gasteiger charge is -2.23. The molecule has 0 spiro atoms. The van der Waals surface area contributed by atoms with Gasteiger partial charge in [0.2, 0.25) is 0 Å². The van der Waals surface area contributed by atoms with Gasteiger partial charge in [-0.15, -0.1) is 5.73 Å². The Morgan fingerprint density at radius 3 is 2.57 bits per heavy atom. The van der Waals surface area contributed by atoms with Gasteiger partial charge in [-0.2, -0.15) is 0 Å². The Morgan fingerprint density at radius 2 is 2.00 bits per heavy atom. The van der Waals surface area contributed by atoms with Crippen LogP contribution < -0.4 is 5.32 Å². The van der Waals surface area contributed by atoms with Crippen LogP contribution in [0.5, 0.6) is 0 Å². The Labute approximate surface area is 124 Å². The molecule has 5 nitrogen and oxygen atoms in total. The molecule has 0 bridgehead atoms. The molecule has 0 fully saturated rings. The van der Waals surface area contributed by atoms with Crippen molar-refractivity contribution < 1.29 is 19.1 Å². The second kappa shape index (κ2) is 7.92. The monoisotopic (exact) mass is 289 g/mol. The van der Waals surface area contributed by atoms with Crippen LogP contribution >= 0.6 is 0 Å². The van der Waals surface area contributed by atoms with E-state index in [1.54, 1.807) is 13.0 Å². The lowest BCUT2D eigenvalue weighted by Crippen LogP contribution is -2.51. The summed E-state index contributed by atoms with van der Waals surface area (Å²) < 4.78 is 9.76. The van der Waals surface area contributed by atoms with Crippen molar-refractivity contribution in [3.05, 3.63) is 53.8 Å². The van der Waals surface area contributed by atoms with E-state index in [4.69, 9.17) is 4.74 Å². The van der Waals surface area contributed by atoms with Gasteiger partial charge in [0.1, 0.15) is 6.61 Å². The highest BCUT2D eigenvalue weighted by Crippen LogP contribution is 2.09.